The molecule has 19 heavy (non-hydrogen) atoms. The fourth-order valence-electron chi connectivity index (χ4n) is 2.08. The Labute approximate surface area is 113 Å². The van der Waals surface area contributed by atoms with Crippen LogP contribution in [-0.4, -0.2) is 9.55 Å². The third-order valence-electron chi connectivity index (χ3n) is 2.91. The van der Waals surface area contributed by atoms with E-state index in [0.717, 1.165) is 23.2 Å². The smallest absolute Gasteiger partial charge is 0.160 e. The largest absolute Gasteiger partial charge is 0.295 e. The molecule has 0 radical (unpaired) electrons. The second-order valence-corrected chi connectivity index (χ2v) is 4.35. The summed E-state index contributed by atoms with van der Waals surface area (Å²) in [4.78, 5) is 4.37. The summed E-state index contributed by atoms with van der Waals surface area (Å²) < 4.78 is 28.1. The number of aromatic nitrogens is 2. The van der Waals surface area contributed by atoms with Gasteiger partial charge in [-0.15, -0.1) is 11.6 Å². The average molecular weight is 279 g/mol. The average Bonchev–Trinajstić information content (AvgIpc) is 2.80. The first-order valence-electron chi connectivity index (χ1n) is 5.68. The lowest BCUT2D eigenvalue weighted by molar-refractivity contribution is 0.508. The highest BCUT2D eigenvalue weighted by molar-refractivity contribution is 6.17. The zero-order valence-electron chi connectivity index (χ0n) is 9.78. The van der Waals surface area contributed by atoms with Crippen LogP contribution in [0.5, 0.6) is 0 Å². The molecule has 0 atom stereocenters. The van der Waals surface area contributed by atoms with E-state index in [0.29, 0.717) is 11.5 Å². The monoisotopic (exact) mass is 278 g/mol. The Morgan fingerprint density at radius 1 is 1.05 bits per heavy atom. The molecule has 3 aromatic rings. The highest BCUT2D eigenvalue weighted by atomic mass is 35.5. The van der Waals surface area contributed by atoms with Crippen LogP contribution < -0.4 is 0 Å². The maximum Gasteiger partial charge on any atom is 0.160 e. The van der Waals surface area contributed by atoms with Crippen LogP contribution in [0.25, 0.3) is 16.7 Å². The van der Waals surface area contributed by atoms with Crippen molar-refractivity contribution in [1.82, 2.24) is 9.55 Å². The van der Waals surface area contributed by atoms with E-state index in [9.17, 15) is 8.78 Å². The van der Waals surface area contributed by atoms with Crippen LogP contribution in [-0.2, 0) is 5.88 Å². The van der Waals surface area contributed by atoms with E-state index in [1.165, 1.54) is 6.07 Å². The predicted molar refractivity (Wildman–Crippen MR) is 70.5 cm³/mol. The van der Waals surface area contributed by atoms with Gasteiger partial charge in [0.1, 0.15) is 5.82 Å². The molecule has 0 spiro atoms. The summed E-state index contributed by atoms with van der Waals surface area (Å²) in [5, 5.41) is 0. The fourth-order valence-corrected chi connectivity index (χ4v) is 2.26. The molecular formula is C14H9ClF2N2. The van der Waals surface area contributed by atoms with E-state index in [1.54, 1.807) is 4.57 Å². The third kappa shape index (κ3) is 1.98. The van der Waals surface area contributed by atoms with Crippen molar-refractivity contribution in [3.63, 3.8) is 0 Å². The summed E-state index contributed by atoms with van der Waals surface area (Å²) in [6.07, 6.45) is 0. The van der Waals surface area contributed by atoms with Crippen molar-refractivity contribution in [3.05, 3.63) is 59.9 Å². The minimum atomic E-state index is -0.893. The molecule has 1 aromatic heterocycles. The van der Waals surface area contributed by atoms with Crippen molar-refractivity contribution >= 4 is 22.6 Å². The summed E-state index contributed by atoms with van der Waals surface area (Å²) in [6, 6.07) is 11.2. The van der Waals surface area contributed by atoms with Crippen LogP contribution in [0.1, 0.15) is 5.82 Å². The van der Waals surface area contributed by atoms with Crippen molar-refractivity contribution in [2.24, 2.45) is 0 Å². The maximum atomic E-state index is 13.4. The van der Waals surface area contributed by atoms with Crippen molar-refractivity contribution in [2.45, 2.75) is 5.88 Å². The van der Waals surface area contributed by atoms with E-state index in [4.69, 9.17) is 11.6 Å². The molecule has 0 saturated heterocycles. The van der Waals surface area contributed by atoms with Crippen molar-refractivity contribution in [1.29, 1.82) is 0 Å². The quantitative estimate of drug-likeness (QED) is 0.647. The predicted octanol–water partition coefficient (Wildman–Crippen LogP) is 4.04. The molecule has 0 aliphatic heterocycles. The SMILES string of the molecule is Fc1ccc(-n2c(CCl)nc3ccccc32)cc1F. The highest BCUT2D eigenvalue weighted by Crippen LogP contribution is 2.23. The van der Waals surface area contributed by atoms with Crippen molar-refractivity contribution in [2.75, 3.05) is 0 Å². The van der Waals surface area contributed by atoms with Gasteiger partial charge < -0.3 is 0 Å². The molecule has 0 saturated carbocycles. The number of benzene rings is 2. The van der Waals surface area contributed by atoms with E-state index in [2.05, 4.69) is 4.98 Å². The number of rotatable bonds is 2. The Balaban J connectivity index is 2.31. The molecular weight excluding hydrogens is 270 g/mol. The minimum Gasteiger partial charge on any atom is -0.295 e. The standard InChI is InChI=1S/C14H9ClF2N2/c15-8-14-18-12-3-1-2-4-13(12)19(14)9-5-6-10(16)11(17)7-9/h1-7H,8H2. The Kier molecular flexibility index (Phi) is 2.95. The molecule has 5 heteroatoms. The van der Waals surface area contributed by atoms with Crippen LogP contribution in [0.2, 0.25) is 0 Å². The molecule has 1 heterocycles. The van der Waals surface area contributed by atoms with Gasteiger partial charge in [-0.25, -0.2) is 13.8 Å². The van der Waals surface area contributed by atoms with Gasteiger partial charge in [0, 0.05) is 6.07 Å². The van der Waals surface area contributed by atoms with Gasteiger partial charge in [0.2, 0.25) is 0 Å². The van der Waals surface area contributed by atoms with Gasteiger partial charge in [0.15, 0.2) is 11.6 Å². The second kappa shape index (κ2) is 4.63. The molecule has 0 aliphatic rings. The van der Waals surface area contributed by atoms with E-state index < -0.39 is 11.6 Å². The summed E-state index contributed by atoms with van der Waals surface area (Å²) >= 11 is 5.87. The first kappa shape index (κ1) is 12.1. The van der Waals surface area contributed by atoms with Crippen LogP contribution >= 0.6 is 11.6 Å². The lowest BCUT2D eigenvalue weighted by Crippen LogP contribution is -2.00. The fraction of sp³-hybridized carbons (Fsp3) is 0.0714. The number of hydrogen-bond acceptors (Lipinski definition) is 1. The molecule has 0 aliphatic carbocycles. The highest BCUT2D eigenvalue weighted by Gasteiger charge is 2.12. The van der Waals surface area contributed by atoms with Crippen LogP contribution in [0, 0.1) is 11.6 Å². The summed E-state index contributed by atoms with van der Waals surface area (Å²) in [5.41, 5.74) is 2.08. The number of para-hydroxylation sites is 2. The normalized spacial score (nSPS) is 11.1. The van der Waals surface area contributed by atoms with E-state index in [1.807, 2.05) is 24.3 Å². The topological polar surface area (TPSA) is 17.8 Å². The number of hydrogen-bond donors (Lipinski definition) is 0. The molecule has 2 nitrogen and oxygen atoms in total. The molecule has 0 N–H and O–H groups in total. The Morgan fingerprint density at radius 3 is 2.58 bits per heavy atom. The van der Waals surface area contributed by atoms with Crippen molar-refractivity contribution < 1.29 is 8.78 Å². The number of imidazole rings is 1. The minimum absolute atomic E-state index is 0.188. The number of fused-ring (bicyclic) bond motifs is 1. The number of halogens is 3. The molecule has 0 amide bonds. The van der Waals surface area contributed by atoms with Gasteiger partial charge in [-0.3, -0.25) is 4.57 Å². The molecule has 2 aromatic carbocycles. The van der Waals surface area contributed by atoms with Gasteiger partial charge in [0.25, 0.3) is 0 Å². The van der Waals surface area contributed by atoms with E-state index in [-0.39, 0.29) is 5.88 Å². The van der Waals surface area contributed by atoms with Gasteiger partial charge >= 0.3 is 0 Å². The molecule has 0 bridgehead atoms. The summed E-state index contributed by atoms with van der Waals surface area (Å²) in [7, 11) is 0. The Bertz CT molecular complexity index is 752. The van der Waals surface area contributed by atoms with Gasteiger partial charge in [-0.1, -0.05) is 12.1 Å². The first-order valence-corrected chi connectivity index (χ1v) is 6.22. The van der Waals surface area contributed by atoms with Crippen LogP contribution in [0.4, 0.5) is 8.78 Å². The molecule has 3 rings (SSSR count). The molecule has 0 fully saturated rings. The Hall–Kier alpha value is -1.94. The lowest BCUT2D eigenvalue weighted by Gasteiger charge is -2.08. The number of nitrogens with zero attached hydrogens (tertiary/aromatic N) is 2. The Morgan fingerprint density at radius 2 is 1.84 bits per heavy atom. The van der Waals surface area contributed by atoms with Crippen LogP contribution in [0.15, 0.2) is 42.5 Å². The van der Waals surface area contributed by atoms with E-state index >= 15 is 0 Å². The lowest BCUT2D eigenvalue weighted by atomic mass is 10.2. The number of alkyl halides is 1. The van der Waals surface area contributed by atoms with Gasteiger partial charge in [-0.2, -0.15) is 0 Å². The molecule has 96 valence electrons. The third-order valence-corrected chi connectivity index (χ3v) is 3.15. The maximum absolute atomic E-state index is 13.4. The van der Waals surface area contributed by atoms with Gasteiger partial charge in [-0.05, 0) is 24.3 Å². The summed E-state index contributed by atoms with van der Waals surface area (Å²) in [6.45, 7) is 0. The second-order valence-electron chi connectivity index (χ2n) is 4.08. The van der Waals surface area contributed by atoms with Crippen molar-refractivity contribution in [3.8, 4) is 5.69 Å². The molecule has 0 unspecified atom stereocenters. The first-order chi connectivity index (χ1) is 9.20. The zero-order chi connectivity index (χ0) is 13.4. The summed E-state index contributed by atoms with van der Waals surface area (Å²) in [5.74, 6) is -0.988. The van der Waals surface area contributed by atoms with Crippen LogP contribution in [0.3, 0.4) is 0 Å². The van der Waals surface area contributed by atoms with Gasteiger partial charge in [0.05, 0.1) is 22.6 Å². The zero-order valence-corrected chi connectivity index (χ0v) is 10.5.